The summed E-state index contributed by atoms with van der Waals surface area (Å²) in [5, 5.41) is 1.06. The number of pyridine rings is 1. The van der Waals surface area contributed by atoms with Gasteiger partial charge in [0.15, 0.2) is 0 Å². The molecule has 2 heterocycles. The molecule has 0 unspecified atom stereocenters. The molecular weight excluding hydrogens is 278 g/mol. The monoisotopic (exact) mass is 297 g/mol. The van der Waals surface area contributed by atoms with Gasteiger partial charge < -0.3 is 14.1 Å². The molecule has 0 bridgehead atoms. The molecule has 0 spiro atoms. The Hall–Kier alpha value is -2.35. The number of methoxy groups -OCH3 is 1. The number of ether oxygens (including phenoxy) is 1. The third kappa shape index (κ3) is 2.69. The number of carbonyl (C=O) groups is 1. The van der Waals surface area contributed by atoms with Crippen molar-refractivity contribution in [2.24, 2.45) is 0 Å². The zero-order chi connectivity index (χ0) is 15.5. The summed E-state index contributed by atoms with van der Waals surface area (Å²) in [5.41, 5.74) is 1.96. The fourth-order valence-electron chi connectivity index (χ4n) is 3.31. The Balaban J connectivity index is 2.08. The highest BCUT2D eigenvalue weighted by molar-refractivity contribution is 5.84. The van der Waals surface area contributed by atoms with E-state index in [1.165, 1.54) is 44.8 Å². The van der Waals surface area contributed by atoms with Crippen LogP contribution in [0.3, 0.4) is 0 Å². The first-order valence-corrected chi connectivity index (χ1v) is 7.67. The second kappa shape index (κ2) is 6.18. The molecule has 0 aromatic carbocycles. The molecule has 0 radical (unpaired) electrons. The molecule has 0 aliphatic heterocycles. The Morgan fingerprint density at radius 3 is 2.86 bits per heavy atom. The number of nitrogens with zero attached hydrogens (tertiary/aromatic N) is 3. The molecule has 1 aliphatic rings. The number of esters is 1. The van der Waals surface area contributed by atoms with Crippen molar-refractivity contribution >= 4 is 22.8 Å². The van der Waals surface area contributed by atoms with Gasteiger partial charge >= 0.3 is 5.97 Å². The van der Waals surface area contributed by atoms with Gasteiger partial charge in [0.05, 0.1) is 7.11 Å². The molecule has 114 valence electrons. The molecule has 0 amide bonds. The van der Waals surface area contributed by atoms with Crippen molar-refractivity contribution < 1.29 is 9.53 Å². The zero-order valence-electron chi connectivity index (χ0n) is 12.7. The third-order valence-corrected chi connectivity index (χ3v) is 4.43. The van der Waals surface area contributed by atoms with E-state index in [1.807, 2.05) is 16.8 Å². The molecule has 0 saturated heterocycles. The molecule has 2 aromatic heterocycles. The zero-order valence-corrected chi connectivity index (χ0v) is 12.7. The highest BCUT2D eigenvalue weighted by Crippen LogP contribution is 2.37. The molecule has 5 heteroatoms. The second-order valence-electron chi connectivity index (χ2n) is 5.78. The average Bonchev–Trinajstić information content (AvgIpc) is 2.93. The van der Waals surface area contributed by atoms with Gasteiger partial charge in [-0.05, 0) is 30.4 Å². The number of carbonyl (C=O) groups excluding carboxylic acids is 1. The Bertz CT molecular complexity index is 736. The third-order valence-electron chi connectivity index (χ3n) is 4.43. The summed E-state index contributed by atoms with van der Waals surface area (Å²) in [4.78, 5) is 19.4. The summed E-state index contributed by atoms with van der Waals surface area (Å²) in [7, 11) is 1.38. The highest BCUT2D eigenvalue weighted by Gasteiger charge is 2.23. The van der Waals surface area contributed by atoms with Crippen molar-refractivity contribution in [2.75, 3.05) is 7.11 Å². The first kappa shape index (κ1) is 14.6. The van der Waals surface area contributed by atoms with Crippen molar-refractivity contribution in [1.29, 1.82) is 0 Å². The molecule has 1 fully saturated rings. The SMILES string of the molecule is [C-]#[N+]c1ccc2c(C3CCCCC3)cn(CC(=O)OC)c2n1. The number of aromatic nitrogens is 2. The molecule has 0 atom stereocenters. The molecule has 1 aliphatic carbocycles. The topological polar surface area (TPSA) is 48.5 Å². The average molecular weight is 297 g/mol. The summed E-state index contributed by atoms with van der Waals surface area (Å²) in [6, 6.07) is 3.72. The van der Waals surface area contributed by atoms with E-state index in [2.05, 4.69) is 9.83 Å². The van der Waals surface area contributed by atoms with Crippen molar-refractivity contribution in [3.05, 3.63) is 35.3 Å². The van der Waals surface area contributed by atoms with Crippen molar-refractivity contribution in [3.8, 4) is 0 Å². The predicted octanol–water partition coefficient (Wildman–Crippen LogP) is 3.81. The van der Waals surface area contributed by atoms with Gasteiger partial charge in [-0.2, -0.15) is 0 Å². The summed E-state index contributed by atoms with van der Waals surface area (Å²) < 4.78 is 6.59. The molecule has 5 nitrogen and oxygen atoms in total. The second-order valence-corrected chi connectivity index (χ2v) is 5.78. The van der Waals surface area contributed by atoms with E-state index in [-0.39, 0.29) is 12.5 Å². The molecule has 0 N–H and O–H groups in total. The smallest absolute Gasteiger partial charge is 0.325 e. The van der Waals surface area contributed by atoms with Crippen LogP contribution in [0.5, 0.6) is 0 Å². The fourth-order valence-corrected chi connectivity index (χ4v) is 3.31. The van der Waals surface area contributed by atoms with Crippen LogP contribution in [0.2, 0.25) is 0 Å². The summed E-state index contributed by atoms with van der Waals surface area (Å²) >= 11 is 0. The van der Waals surface area contributed by atoms with Crippen LogP contribution in [-0.2, 0) is 16.1 Å². The van der Waals surface area contributed by atoms with Gasteiger partial charge in [0.25, 0.3) is 5.82 Å². The Morgan fingerprint density at radius 1 is 1.41 bits per heavy atom. The van der Waals surface area contributed by atoms with Crippen LogP contribution >= 0.6 is 0 Å². The van der Waals surface area contributed by atoms with Crippen LogP contribution in [0, 0.1) is 6.57 Å². The van der Waals surface area contributed by atoms with Crippen LogP contribution < -0.4 is 0 Å². The van der Waals surface area contributed by atoms with Gasteiger partial charge in [-0.3, -0.25) is 4.79 Å². The normalized spacial score (nSPS) is 15.6. The molecule has 22 heavy (non-hydrogen) atoms. The summed E-state index contributed by atoms with van der Waals surface area (Å²) in [5.74, 6) is 0.574. The minimum Gasteiger partial charge on any atom is -0.468 e. The lowest BCUT2D eigenvalue weighted by atomic mass is 9.84. The van der Waals surface area contributed by atoms with E-state index >= 15 is 0 Å². The van der Waals surface area contributed by atoms with E-state index in [0.29, 0.717) is 17.4 Å². The standard InChI is InChI=1S/C17H19N3O2/c1-18-15-9-8-13-14(12-6-4-3-5-7-12)10-20(17(13)19-15)11-16(21)22-2/h8-10,12H,3-7,11H2,2H3. The Labute approximate surface area is 129 Å². The van der Waals surface area contributed by atoms with Gasteiger partial charge in [0, 0.05) is 11.6 Å². The minimum atomic E-state index is -0.304. The Kier molecular flexibility index (Phi) is 4.10. The lowest BCUT2D eigenvalue weighted by molar-refractivity contribution is -0.141. The van der Waals surface area contributed by atoms with Crippen LogP contribution in [0.15, 0.2) is 18.3 Å². The first-order valence-electron chi connectivity index (χ1n) is 7.67. The van der Waals surface area contributed by atoms with E-state index < -0.39 is 0 Å². The van der Waals surface area contributed by atoms with Crippen LogP contribution in [0.25, 0.3) is 15.9 Å². The van der Waals surface area contributed by atoms with Crippen LogP contribution in [-0.4, -0.2) is 22.6 Å². The maximum atomic E-state index is 11.6. The number of hydrogen-bond acceptors (Lipinski definition) is 3. The maximum absolute atomic E-state index is 11.6. The molecular formula is C17H19N3O2. The lowest BCUT2D eigenvalue weighted by Crippen LogP contribution is -2.11. The van der Waals surface area contributed by atoms with Gasteiger partial charge in [-0.15, -0.1) is 4.98 Å². The van der Waals surface area contributed by atoms with Crippen LogP contribution in [0.1, 0.15) is 43.6 Å². The van der Waals surface area contributed by atoms with Crippen molar-refractivity contribution in [3.63, 3.8) is 0 Å². The fraction of sp³-hybridized carbons (Fsp3) is 0.471. The number of rotatable bonds is 3. The Morgan fingerprint density at radius 2 is 2.18 bits per heavy atom. The quantitative estimate of drug-likeness (QED) is 0.639. The van der Waals surface area contributed by atoms with Gasteiger partial charge in [0.2, 0.25) is 5.65 Å². The number of hydrogen-bond donors (Lipinski definition) is 0. The van der Waals surface area contributed by atoms with Crippen molar-refractivity contribution in [2.45, 2.75) is 44.6 Å². The molecule has 1 saturated carbocycles. The summed E-state index contributed by atoms with van der Waals surface area (Å²) in [6.07, 6.45) is 8.20. The van der Waals surface area contributed by atoms with Gasteiger partial charge in [-0.25, -0.2) is 0 Å². The molecule has 2 aromatic rings. The van der Waals surface area contributed by atoms with E-state index in [4.69, 9.17) is 11.3 Å². The molecule has 3 rings (SSSR count). The van der Waals surface area contributed by atoms with Gasteiger partial charge in [0.1, 0.15) is 6.54 Å². The van der Waals surface area contributed by atoms with Gasteiger partial charge in [-0.1, -0.05) is 31.9 Å². The van der Waals surface area contributed by atoms with Crippen molar-refractivity contribution in [1.82, 2.24) is 9.55 Å². The largest absolute Gasteiger partial charge is 0.468 e. The minimum absolute atomic E-state index is 0.133. The van der Waals surface area contributed by atoms with E-state index in [0.717, 1.165) is 5.39 Å². The predicted molar refractivity (Wildman–Crippen MR) is 83.8 cm³/mol. The first-order chi connectivity index (χ1) is 10.7. The highest BCUT2D eigenvalue weighted by atomic mass is 16.5. The lowest BCUT2D eigenvalue weighted by Gasteiger charge is -2.20. The summed E-state index contributed by atoms with van der Waals surface area (Å²) in [6.45, 7) is 7.26. The van der Waals surface area contributed by atoms with E-state index in [1.54, 1.807) is 6.07 Å². The van der Waals surface area contributed by atoms with E-state index in [9.17, 15) is 4.79 Å². The maximum Gasteiger partial charge on any atom is 0.325 e. The number of fused-ring (bicyclic) bond motifs is 1. The van der Waals surface area contributed by atoms with Crippen LogP contribution in [0.4, 0.5) is 5.82 Å².